The highest BCUT2D eigenvalue weighted by molar-refractivity contribution is 7.09. The quantitative estimate of drug-likeness (QED) is 0.712. The fourth-order valence-corrected chi connectivity index (χ4v) is 2.00. The first kappa shape index (κ1) is 10.7. The molecule has 0 aliphatic rings. The van der Waals surface area contributed by atoms with Gasteiger partial charge in [-0.25, -0.2) is 0 Å². The predicted octanol–water partition coefficient (Wildman–Crippen LogP) is 2.08. The minimum absolute atomic E-state index is 0.214. The van der Waals surface area contributed by atoms with E-state index >= 15 is 0 Å². The molecule has 0 aliphatic heterocycles. The van der Waals surface area contributed by atoms with Gasteiger partial charge in [0.05, 0.1) is 6.10 Å². The normalized spacial score (nSPS) is 13.1. The fourth-order valence-electron chi connectivity index (χ4n) is 1.23. The Morgan fingerprint density at radius 2 is 2.46 bits per heavy atom. The SMILES string of the molecule is COCCCC(O)Cc1cccs1. The lowest BCUT2D eigenvalue weighted by molar-refractivity contribution is 0.136. The van der Waals surface area contributed by atoms with Crippen molar-refractivity contribution in [3.63, 3.8) is 0 Å². The van der Waals surface area contributed by atoms with Crippen LogP contribution in [-0.4, -0.2) is 24.9 Å². The molecule has 0 fully saturated rings. The summed E-state index contributed by atoms with van der Waals surface area (Å²) >= 11 is 1.70. The van der Waals surface area contributed by atoms with Gasteiger partial charge in [-0.05, 0) is 24.3 Å². The van der Waals surface area contributed by atoms with Crippen molar-refractivity contribution in [3.8, 4) is 0 Å². The Labute approximate surface area is 83.2 Å². The molecule has 0 saturated carbocycles. The summed E-state index contributed by atoms with van der Waals surface area (Å²) in [5.41, 5.74) is 0. The molecule has 0 amide bonds. The maximum absolute atomic E-state index is 9.60. The van der Waals surface area contributed by atoms with Crippen molar-refractivity contribution in [2.75, 3.05) is 13.7 Å². The summed E-state index contributed by atoms with van der Waals surface area (Å²) in [6.07, 6.45) is 2.32. The molecule has 1 N–H and O–H groups in total. The van der Waals surface area contributed by atoms with E-state index in [4.69, 9.17) is 4.74 Å². The van der Waals surface area contributed by atoms with Crippen LogP contribution in [0.1, 0.15) is 17.7 Å². The lowest BCUT2D eigenvalue weighted by Crippen LogP contribution is -2.10. The van der Waals surface area contributed by atoms with Gasteiger partial charge in [0.1, 0.15) is 0 Å². The molecule has 3 heteroatoms. The van der Waals surface area contributed by atoms with Gasteiger partial charge in [0, 0.05) is 25.0 Å². The predicted molar refractivity (Wildman–Crippen MR) is 55.1 cm³/mol. The topological polar surface area (TPSA) is 29.5 Å². The summed E-state index contributed by atoms with van der Waals surface area (Å²) < 4.78 is 4.92. The zero-order valence-electron chi connectivity index (χ0n) is 7.90. The third kappa shape index (κ3) is 4.41. The fraction of sp³-hybridized carbons (Fsp3) is 0.600. The van der Waals surface area contributed by atoms with E-state index in [1.54, 1.807) is 18.4 Å². The second-order valence-electron chi connectivity index (χ2n) is 3.07. The number of hydrogen-bond donors (Lipinski definition) is 1. The molecule has 0 bridgehead atoms. The highest BCUT2D eigenvalue weighted by atomic mass is 32.1. The van der Waals surface area contributed by atoms with Crippen LogP contribution in [0.4, 0.5) is 0 Å². The second-order valence-corrected chi connectivity index (χ2v) is 4.10. The minimum atomic E-state index is -0.214. The van der Waals surface area contributed by atoms with Crippen LogP contribution >= 0.6 is 11.3 Å². The number of thiophene rings is 1. The molecule has 0 saturated heterocycles. The van der Waals surface area contributed by atoms with Gasteiger partial charge in [-0.3, -0.25) is 0 Å². The van der Waals surface area contributed by atoms with Crippen LogP contribution in [0.15, 0.2) is 17.5 Å². The minimum Gasteiger partial charge on any atom is -0.393 e. The van der Waals surface area contributed by atoms with E-state index in [2.05, 4.69) is 6.07 Å². The second kappa shape index (κ2) is 6.13. The van der Waals surface area contributed by atoms with Crippen molar-refractivity contribution in [2.24, 2.45) is 0 Å². The monoisotopic (exact) mass is 200 g/mol. The van der Waals surface area contributed by atoms with Crippen molar-refractivity contribution in [2.45, 2.75) is 25.4 Å². The van der Waals surface area contributed by atoms with Crippen LogP contribution < -0.4 is 0 Å². The standard InChI is InChI=1S/C10H16O2S/c1-12-6-2-4-9(11)8-10-5-3-7-13-10/h3,5,7,9,11H,2,4,6,8H2,1H3. The van der Waals surface area contributed by atoms with Gasteiger partial charge in [-0.1, -0.05) is 6.07 Å². The third-order valence-electron chi connectivity index (χ3n) is 1.90. The van der Waals surface area contributed by atoms with Gasteiger partial charge >= 0.3 is 0 Å². The van der Waals surface area contributed by atoms with Crippen LogP contribution in [0.25, 0.3) is 0 Å². The summed E-state index contributed by atoms with van der Waals surface area (Å²) in [5.74, 6) is 0. The smallest absolute Gasteiger partial charge is 0.0589 e. The van der Waals surface area contributed by atoms with Gasteiger partial charge in [0.25, 0.3) is 0 Å². The molecule has 0 radical (unpaired) electrons. The first-order valence-corrected chi connectivity index (χ1v) is 5.40. The van der Waals surface area contributed by atoms with Crippen LogP contribution in [0.5, 0.6) is 0 Å². The number of rotatable bonds is 6. The summed E-state index contributed by atoms with van der Waals surface area (Å²) in [5, 5.41) is 11.6. The van der Waals surface area contributed by atoms with Gasteiger partial charge < -0.3 is 9.84 Å². The molecule has 1 aromatic rings. The van der Waals surface area contributed by atoms with Crippen LogP contribution in [-0.2, 0) is 11.2 Å². The van der Waals surface area contributed by atoms with Crippen LogP contribution in [0.3, 0.4) is 0 Å². The summed E-state index contributed by atoms with van der Waals surface area (Å²) in [6.45, 7) is 0.738. The van der Waals surface area contributed by atoms with Gasteiger partial charge in [-0.2, -0.15) is 0 Å². The average Bonchev–Trinajstić information content (AvgIpc) is 2.57. The van der Waals surface area contributed by atoms with Gasteiger partial charge in [-0.15, -0.1) is 11.3 Å². The van der Waals surface area contributed by atoms with Crippen molar-refractivity contribution < 1.29 is 9.84 Å². The Morgan fingerprint density at radius 1 is 1.62 bits per heavy atom. The van der Waals surface area contributed by atoms with E-state index in [0.717, 1.165) is 25.9 Å². The molecular formula is C10H16O2S. The number of methoxy groups -OCH3 is 1. The van der Waals surface area contributed by atoms with E-state index in [1.165, 1.54) is 4.88 Å². The Hall–Kier alpha value is -0.380. The molecular weight excluding hydrogens is 184 g/mol. The summed E-state index contributed by atoms with van der Waals surface area (Å²) in [7, 11) is 1.69. The van der Waals surface area contributed by atoms with E-state index in [9.17, 15) is 5.11 Å². The molecule has 1 unspecified atom stereocenters. The highest BCUT2D eigenvalue weighted by Crippen LogP contribution is 2.13. The Balaban J connectivity index is 2.14. The molecule has 1 atom stereocenters. The largest absolute Gasteiger partial charge is 0.393 e. The molecule has 0 spiro atoms. The number of aliphatic hydroxyl groups excluding tert-OH is 1. The Bertz CT molecular complexity index is 209. The molecule has 13 heavy (non-hydrogen) atoms. The van der Waals surface area contributed by atoms with Gasteiger partial charge in [0.15, 0.2) is 0 Å². The molecule has 0 aromatic carbocycles. The maximum Gasteiger partial charge on any atom is 0.0589 e. The van der Waals surface area contributed by atoms with E-state index in [1.807, 2.05) is 11.4 Å². The first-order chi connectivity index (χ1) is 6.33. The number of aliphatic hydroxyl groups is 1. The molecule has 1 heterocycles. The van der Waals surface area contributed by atoms with Crippen LogP contribution in [0.2, 0.25) is 0 Å². The molecule has 2 nitrogen and oxygen atoms in total. The van der Waals surface area contributed by atoms with Crippen molar-refractivity contribution in [3.05, 3.63) is 22.4 Å². The van der Waals surface area contributed by atoms with E-state index in [-0.39, 0.29) is 6.10 Å². The first-order valence-electron chi connectivity index (χ1n) is 4.52. The Kier molecular flexibility index (Phi) is 5.05. The van der Waals surface area contributed by atoms with Crippen molar-refractivity contribution in [1.29, 1.82) is 0 Å². The molecule has 1 aromatic heterocycles. The molecule has 0 aliphatic carbocycles. The third-order valence-corrected chi connectivity index (χ3v) is 2.80. The lowest BCUT2D eigenvalue weighted by atomic mass is 10.1. The zero-order valence-corrected chi connectivity index (χ0v) is 8.72. The average molecular weight is 200 g/mol. The lowest BCUT2D eigenvalue weighted by Gasteiger charge is -2.08. The number of hydrogen-bond acceptors (Lipinski definition) is 3. The van der Waals surface area contributed by atoms with E-state index in [0.29, 0.717) is 0 Å². The van der Waals surface area contributed by atoms with Crippen molar-refractivity contribution in [1.82, 2.24) is 0 Å². The van der Waals surface area contributed by atoms with Crippen LogP contribution in [0, 0.1) is 0 Å². The summed E-state index contributed by atoms with van der Waals surface area (Å²) in [6, 6.07) is 4.08. The molecule has 74 valence electrons. The highest BCUT2D eigenvalue weighted by Gasteiger charge is 2.05. The maximum atomic E-state index is 9.60. The molecule has 1 rings (SSSR count). The Morgan fingerprint density at radius 3 is 3.08 bits per heavy atom. The van der Waals surface area contributed by atoms with Gasteiger partial charge in [0.2, 0.25) is 0 Å². The summed E-state index contributed by atoms with van der Waals surface area (Å²) in [4.78, 5) is 1.25. The van der Waals surface area contributed by atoms with E-state index < -0.39 is 0 Å². The zero-order chi connectivity index (χ0) is 9.52. The number of ether oxygens (including phenoxy) is 1. The van der Waals surface area contributed by atoms with Crippen molar-refractivity contribution >= 4 is 11.3 Å².